The van der Waals surface area contributed by atoms with Crippen LogP contribution in [0.2, 0.25) is 0 Å². The van der Waals surface area contributed by atoms with E-state index in [-0.39, 0.29) is 0 Å². The van der Waals surface area contributed by atoms with Gasteiger partial charge in [-0.3, -0.25) is 4.90 Å². The number of thioether (sulfide) groups is 1. The van der Waals surface area contributed by atoms with Crippen molar-refractivity contribution in [1.29, 1.82) is 0 Å². The van der Waals surface area contributed by atoms with Crippen LogP contribution in [0.3, 0.4) is 0 Å². The molecule has 0 saturated carbocycles. The van der Waals surface area contributed by atoms with Crippen LogP contribution in [0.5, 0.6) is 0 Å². The number of nitrogens with zero attached hydrogens (tertiary/aromatic N) is 1. The third-order valence-electron chi connectivity index (χ3n) is 4.98. The molecule has 2 N–H and O–H groups in total. The second-order valence-corrected chi connectivity index (χ2v) is 7.57. The Bertz CT molecular complexity index is 425. The lowest BCUT2D eigenvalue weighted by atomic mass is 9.91. The maximum atomic E-state index is 5.83. The van der Waals surface area contributed by atoms with Gasteiger partial charge >= 0.3 is 0 Å². The maximum Gasteiger partial charge on any atom is 0.0348 e. The standard InChI is InChI=1S/C17H26N2S/c1-19-12-13(11-18)10-17(19)16-4-2-14(3-5-16)15-6-8-20-9-7-15/h2-5,13,15,17H,6-12,18H2,1H3. The summed E-state index contributed by atoms with van der Waals surface area (Å²) in [7, 11) is 2.23. The normalized spacial score (nSPS) is 28.9. The predicted octanol–water partition coefficient (Wildman–Crippen LogP) is 3.25. The number of hydrogen-bond donors (Lipinski definition) is 1. The first-order chi connectivity index (χ1) is 9.78. The van der Waals surface area contributed by atoms with Crippen molar-refractivity contribution in [2.24, 2.45) is 11.7 Å². The van der Waals surface area contributed by atoms with Crippen LogP contribution in [0, 0.1) is 5.92 Å². The molecule has 2 saturated heterocycles. The summed E-state index contributed by atoms with van der Waals surface area (Å²) >= 11 is 2.10. The van der Waals surface area contributed by atoms with Gasteiger partial charge in [-0.2, -0.15) is 11.8 Å². The Morgan fingerprint density at radius 1 is 1.15 bits per heavy atom. The topological polar surface area (TPSA) is 29.3 Å². The van der Waals surface area contributed by atoms with Crippen molar-refractivity contribution in [3.05, 3.63) is 35.4 Å². The first-order valence-electron chi connectivity index (χ1n) is 7.86. The molecule has 2 fully saturated rings. The Hall–Kier alpha value is -0.510. The average molecular weight is 290 g/mol. The summed E-state index contributed by atoms with van der Waals surface area (Å²) < 4.78 is 0. The fourth-order valence-electron chi connectivity index (χ4n) is 3.69. The number of hydrogen-bond acceptors (Lipinski definition) is 3. The highest BCUT2D eigenvalue weighted by atomic mass is 32.2. The van der Waals surface area contributed by atoms with Gasteiger partial charge in [-0.05, 0) is 67.3 Å². The van der Waals surface area contributed by atoms with Crippen molar-refractivity contribution < 1.29 is 0 Å². The summed E-state index contributed by atoms with van der Waals surface area (Å²) in [6, 6.07) is 10.0. The summed E-state index contributed by atoms with van der Waals surface area (Å²) in [6.07, 6.45) is 3.91. The van der Waals surface area contributed by atoms with Crippen molar-refractivity contribution in [3.63, 3.8) is 0 Å². The lowest BCUT2D eigenvalue weighted by Crippen LogP contribution is -2.20. The largest absolute Gasteiger partial charge is 0.330 e. The van der Waals surface area contributed by atoms with Crippen LogP contribution >= 0.6 is 11.8 Å². The zero-order chi connectivity index (χ0) is 13.9. The molecule has 20 heavy (non-hydrogen) atoms. The highest BCUT2D eigenvalue weighted by molar-refractivity contribution is 7.99. The molecule has 0 aliphatic carbocycles. The van der Waals surface area contributed by atoms with Crippen LogP contribution in [0.15, 0.2) is 24.3 Å². The third-order valence-corrected chi connectivity index (χ3v) is 6.03. The van der Waals surface area contributed by atoms with Gasteiger partial charge in [-0.1, -0.05) is 24.3 Å². The Morgan fingerprint density at radius 3 is 2.40 bits per heavy atom. The molecule has 0 spiro atoms. The zero-order valence-electron chi connectivity index (χ0n) is 12.4. The molecule has 2 nitrogen and oxygen atoms in total. The lowest BCUT2D eigenvalue weighted by Gasteiger charge is -2.23. The van der Waals surface area contributed by atoms with Crippen LogP contribution in [-0.4, -0.2) is 36.5 Å². The molecule has 0 bridgehead atoms. The second-order valence-electron chi connectivity index (χ2n) is 6.35. The molecule has 110 valence electrons. The number of rotatable bonds is 3. The number of benzene rings is 1. The quantitative estimate of drug-likeness (QED) is 0.926. The molecule has 3 rings (SSSR count). The molecule has 1 aromatic carbocycles. The third kappa shape index (κ3) is 3.05. The Balaban J connectivity index is 1.69. The van der Waals surface area contributed by atoms with E-state index < -0.39 is 0 Å². The molecule has 0 radical (unpaired) electrons. The Labute approximate surface area is 127 Å². The first-order valence-corrected chi connectivity index (χ1v) is 9.01. The summed E-state index contributed by atoms with van der Waals surface area (Å²) in [5.74, 6) is 4.12. The minimum atomic E-state index is 0.569. The molecule has 2 heterocycles. The van der Waals surface area contributed by atoms with E-state index in [1.807, 2.05) is 0 Å². The van der Waals surface area contributed by atoms with Gasteiger partial charge in [-0.25, -0.2) is 0 Å². The van der Waals surface area contributed by atoms with E-state index >= 15 is 0 Å². The minimum Gasteiger partial charge on any atom is -0.330 e. The molecule has 3 heteroatoms. The van der Waals surface area contributed by atoms with E-state index in [1.54, 1.807) is 5.56 Å². The summed E-state index contributed by atoms with van der Waals surface area (Å²) in [4.78, 5) is 2.46. The zero-order valence-corrected chi connectivity index (χ0v) is 13.2. The minimum absolute atomic E-state index is 0.569. The Kier molecular flexibility index (Phi) is 4.69. The molecular weight excluding hydrogens is 264 g/mol. The number of nitrogens with two attached hydrogens (primary N) is 1. The predicted molar refractivity (Wildman–Crippen MR) is 88.3 cm³/mol. The monoisotopic (exact) mass is 290 g/mol. The fraction of sp³-hybridized carbons (Fsp3) is 0.647. The van der Waals surface area contributed by atoms with E-state index in [0.29, 0.717) is 12.0 Å². The van der Waals surface area contributed by atoms with Crippen molar-refractivity contribution in [3.8, 4) is 0 Å². The summed E-state index contributed by atoms with van der Waals surface area (Å²) in [5, 5.41) is 0. The van der Waals surface area contributed by atoms with E-state index in [0.717, 1.165) is 19.0 Å². The smallest absolute Gasteiger partial charge is 0.0348 e. The first kappa shape index (κ1) is 14.4. The van der Waals surface area contributed by atoms with Crippen LogP contribution in [-0.2, 0) is 0 Å². The van der Waals surface area contributed by atoms with Gasteiger partial charge in [0.1, 0.15) is 0 Å². The molecule has 2 unspecified atom stereocenters. The van der Waals surface area contributed by atoms with Gasteiger partial charge < -0.3 is 5.73 Å². The van der Waals surface area contributed by atoms with Gasteiger partial charge in [0.25, 0.3) is 0 Å². The van der Waals surface area contributed by atoms with Crippen LogP contribution in [0.1, 0.15) is 42.3 Å². The maximum absolute atomic E-state index is 5.83. The van der Waals surface area contributed by atoms with Gasteiger partial charge in [0, 0.05) is 12.6 Å². The van der Waals surface area contributed by atoms with Gasteiger partial charge in [-0.15, -0.1) is 0 Å². The molecular formula is C17H26N2S. The summed E-state index contributed by atoms with van der Waals surface area (Å²) in [5.41, 5.74) is 8.85. The van der Waals surface area contributed by atoms with Gasteiger partial charge in [0.05, 0.1) is 0 Å². The molecule has 2 aliphatic rings. The highest BCUT2D eigenvalue weighted by Gasteiger charge is 2.29. The van der Waals surface area contributed by atoms with Crippen molar-refractivity contribution >= 4 is 11.8 Å². The van der Waals surface area contributed by atoms with Gasteiger partial charge in [0.2, 0.25) is 0 Å². The van der Waals surface area contributed by atoms with E-state index in [4.69, 9.17) is 5.73 Å². The number of likely N-dealkylation sites (tertiary alicyclic amines) is 1. The average Bonchev–Trinajstić information content (AvgIpc) is 2.89. The second kappa shape index (κ2) is 6.50. The molecule has 2 aliphatic heterocycles. The van der Waals surface area contributed by atoms with Crippen molar-refractivity contribution in [1.82, 2.24) is 4.90 Å². The molecule has 0 amide bonds. The highest BCUT2D eigenvalue weighted by Crippen LogP contribution is 2.36. The van der Waals surface area contributed by atoms with Crippen molar-refractivity contribution in [2.75, 3.05) is 31.6 Å². The SMILES string of the molecule is CN1CC(CN)CC1c1ccc(C2CCSCC2)cc1. The van der Waals surface area contributed by atoms with Crippen LogP contribution in [0.4, 0.5) is 0 Å². The molecule has 0 aromatic heterocycles. The van der Waals surface area contributed by atoms with E-state index in [1.165, 1.54) is 36.3 Å². The van der Waals surface area contributed by atoms with Crippen molar-refractivity contribution in [2.45, 2.75) is 31.2 Å². The Morgan fingerprint density at radius 2 is 1.80 bits per heavy atom. The van der Waals surface area contributed by atoms with Crippen LogP contribution in [0.25, 0.3) is 0 Å². The van der Waals surface area contributed by atoms with Crippen LogP contribution < -0.4 is 5.73 Å². The fourth-order valence-corrected chi connectivity index (χ4v) is 4.79. The van der Waals surface area contributed by atoms with E-state index in [2.05, 4.69) is 48.0 Å². The van der Waals surface area contributed by atoms with Gasteiger partial charge in [0.15, 0.2) is 0 Å². The summed E-state index contributed by atoms with van der Waals surface area (Å²) in [6.45, 7) is 1.96. The lowest BCUT2D eigenvalue weighted by molar-refractivity contribution is 0.313. The molecule has 1 aromatic rings. The van der Waals surface area contributed by atoms with E-state index in [9.17, 15) is 0 Å². The molecule has 2 atom stereocenters.